The third-order valence-electron chi connectivity index (χ3n) is 2.27. The molecule has 0 radical (unpaired) electrons. The molecule has 21 heavy (non-hydrogen) atoms. The van der Waals surface area contributed by atoms with Crippen LogP contribution in [0.4, 0.5) is 4.79 Å². The van der Waals surface area contributed by atoms with Gasteiger partial charge in [-0.05, 0) is 19.1 Å². The Balaban J connectivity index is 2.13. The minimum Gasteiger partial charge on any atom is -0.456 e. The van der Waals surface area contributed by atoms with Crippen LogP contribution in [0.1, 0.15) is 13.3 Å². The molecule has 0 aliphatic carbocycles. The highest BCUT2D eigenvalue weighted by Gasteiger charge is 2.10. The van der Waals surface area contributed by atoms with Gasteiger partial charge in [0.15, 0.2) is 6.61 Å². The molecule has 0 bridgehead atoms. The first-order valence-electron chi connectivity index (χ1n) is 6.53. The van der Waals surface area contributed by atoms with Crippen molar-refractivity contribution < 1.29 is 19.1 Å². The second kappa shape index (κ2) is 9.82. The van der Waals surface area contributed by atoms with Gasteiger partial charge in [-0.1, -0.05) is 18.2 Å². The molecule has 0 aliphatic rings. The molecule has 0 aromatic heterocycles. The summed E-state index contributed by atoms with van der Waals surface area (Å²) in [7, 11) is 0. The molecule has 3 amide bonds. The summed E-state index contributed by atoms with van der Waals surface area (Å²) >= 11 is 1.53. The summed E-state index contributed by atoms with van der Waals surface area (Å²) in [5.74, 6) is -0.546. The summed E-state index contributed by atoms with van der Waals surface area (Å²) in [5, 5.41) is 4.45. The van der Waals surface area contributed by atoms with E-state index in [4.69, 9.17) is 4.74 Å². The molecule has 1 aromatic carbocycles. The van der Waals surface area contributed by atoms with Crippen molar-refractivity contribution in [1.82, 2.24) is 10.6 Å². The summed E-state index contributed by atoms with van der Waals surface area (Å²) in [6.45, 7) is 1.69. The number of ether oxygens (including phenoxy) is 1. The average Bonchev–Trinajstić information content (AvgIpc) is 2.46. The minimum absolute atomic E-state index is 0.202. The summed E-state index contributed by atoms with van der Waals surface area (Å²) < 4.78 is 4.78. The highest BCUT2D eigenvalue weighted by atomic mass is 32.2. The molecular weight excluding hydrogens is 292 g/mol. The second-order valence-corrected chi connectivity index (χ2v) is 5.15. The molecule has 0 spiro atoms. The van der Waals surface area contributed by atoms with Crippen molar-refractivity contribution in [3.8, 4) is 0 Å². The van der Waals surface area contributed by atoms with Crippen LogP contribution in [0.2, 0.25) is 0 Å². The molecule has 114 valence electrons. The van der Waals surface area contributed by atoms with E-state index in [9.17, 15) is 14.4 Å². The molecule has 0 fully saturated rings. The Morgan fingerprint density at radius 2 is 1.90 bits per heavy atom. The Kier molecular flexibility index (Phi) is 7.96. The van der Waals surface area contributed by atoms with Crippen molar-refractivity contribution in [2.45, 2.75) is 18.2 Å². The molecule has 1 aromatic rings. The lowest BCUT2D eigenvalue weighted by molar-refractivity contribution is -0.147. The molecule has 0 atom stereocenters. The minimum atomic E-state index is -0.648. The standard InChI is InChI=1S/C14H18N2O4S/c1-2-15-14(19)16-12(17)10-20-13(18)8-9-21-11-6-4-3-5-7-11/h3-7H,2,8-10H2,1H3,(H2,15,16,17,19). The maximum absolute atomic E-state index is 11.4. The molecule has 6 nitrogen and oxygen atoms in total. The van der Waals surface area contributed by atoms with E-state index in [0.717, 1.165) is 4.90 Å². The molecule has 2 N–H and O–H groups in total. The van der Waals surface area contributed by atoms with Crippen molar-refractivity contribution in [1.29, 1.82) is 0 Å². The van der Waals surface area contributed by atoms with E-state index in [-0.39, 0.29) is 6.42 Å². The first-order chi connectivity index (χ1) is 10.1. The Hall–Kier alpha value is -2.02. The molecule has 0 saturated heterocycles. The van der Waals surface area contributed by atoms with Crippen LogP contribution in [0.15, 0.2) is 35.2 Å². The van der Waals surface area contributed by atoms with E-state index in [0.29, 0.717) is 12.3 Å². The first kappa shape index (κ1) is 17.0. The Morgan fingerprint density at radius 3 is 2.57 bits per heavy atom. The van der Waals surface area contributed by atoms with Crippen LogP contribution in [-0.4, -0.2) is 36.8 Å². The number of hydrogen-bond acceptors (Lipinski definition) is 5. The second-order valence-electron chi connectivity index (χ2n) is 3.98. The van der Waals surface area contributed by atoms with Gasteiger partial charge in [-0.25, -0.2) is 4.79 Å². The number of nitrogens with one attached hydrogen (secondary N) is 2. The number of hydrogen-bond donors (Lipinski definition) is 2. The zero-order chi connectivity index (χ0) is 15.5. The Bertz CT molecular complexity index is 479. The van der Waals surface area contributed by atoms with Gasteiger partial charge in [0.05, 0.1) is 6.42 Å². The summed E-state index contributed by atoms with van der Waals surface area (Å²) in [4.78, 5) is 34.8. The SMILES string of the molecule is CCNC(=O)NC(=O)COC(=O)CCSc1ccccc1. The van der Waals surface area contributed by atoms with Gasteiger partial charge in [-0.15, -0.1) is 11.8 Å². The monoisotopic (exact) mass is 310 g/mol. The predicted molar refractivity (Wildman–Crippen MR) is 80.0 cm³/mol. The molecule has 0 aliphatic heterocycles. The van der Waals surface area contributed by atoms with Gasteiger partial charge >= 0.3 is 12.0 Å². The van der Waals surface area contributed by atoms with Gasteiger partial charge in [0.1, 0.15) is 0 Å². The van der Waals surface area contributed by atoms with Crippen LogP contribution in [0.25, 0.3) is 0 Å². The number of carbonyl (C=O) groups is 3. The van der Waals surface area contributed by atoms with Crippen molar-refractivity contribution in [2.24, 2.45) is 0 Å². The number of urea groups is 1. The van der Waals surface area contributed by atoms with Crippen molar-refractivity contribution in [2.75, 3.05) is 18.9 Å². The number of thioether (sulfide) groups is 1. The fourth-order valence-electron chi connectivity index (χ4n) is 1.35. The number of esters is 1. The van der Waals surface area contributed by atoms with Crippen LogP contribution in [0.5, 0.6) is 0 Å². The Labute approximate surface area is 127 Å². The quantitative estimate of drug-likeness (QED) is 0.590. The predicted octanol–water partition coefficient (Wildman–Crippen LogP) is 1.56. The van der Waals surface area contributed by atoms with Crippen molar-refractivity contribution >= 4 is 29.7 Å². The van der Waals surface area contributed by atoms with Crippen LogP contribution < -0.4 is 10.6 Å². The van der Waals surface area contributed by atoms with E-state index in [1.807, 2.05) is 35.6 Å². The third kappa shape index (κ3) is 7.98. The van der Waals surface area contributed by atoms with Gasteiger partial charge in [-0.3, -0.25) is 14.9 Å². The topological polar surface area (TPSA) is 84.5 Å². The fraction of sp³-hybridized carbons (Fsp3) is 0.357. The number of benzene rings is 1. The maximum atomic E-state index is 11.4. The Morgan fingerprint density at radius 1 is 1.19 bits per heavy atom. The van der Waals surface area contributed by atoms with E-state index in [1.54, 1.807) is 6.92 Å². The van der Waals surface area contributed by atoms with Gasteiger partial charge in [-0.2, -0.15) is 0 Å². The molecule has 1 rings (SSSR count). The number of amides is 3. The average molecular weight is 310 g/mol. The molecule has 7 heteroatoms. The molecule has 0 heterocycles. The van der Waals surface area contributed by atoms with Crippen LogP contribution in [0.3, 0.4) is 0 Å². The zero-order valence-corrected chi connectivity index (χ0v) is 12.6. The normalized spacial score (nSPS) is 9.76. The molecule has 0 saturated carbocycles. The van der Waals surface area contributed by atoms with E-state index in [1.165, 1.54) is 11.8 Å². The largest absolute Gasteiger partial charge is 0.456 e. The lowest BCUT2D eigenvalue weighted by Gasteiger charge is -2.06. The highest BCUT2D eigenvalue weighted by molar-refractivity contribution is 7.99. The summed E-state index contributed by atoms with van der Waals surface area (Å²) in [5.41, 5.74) is 0. The first-order valence-corrected chi connectivity index (χ1v) is 7.51. The van der Waals surface area contributed by atoms with E-state index >= 15 is 0 Å². The summed E-state index contributed by atoms with van der Waals surface area (Å²) in [6, 6.07) is 9.08. The smallest absolute Gasteiger partial charge is 0.321 e. The highest BCUT2D eigenvalue weighted by Crippen LogP contribution is 2.17. The van der Waals surface area contributed by atoms with Crippen LogP contribution in [-0.2, 0) is 14.3 Å². The van der Waals surface area contributed by atoms with Crippen LogP contribution in [0, 0.1) is 0 Å². The molecule has 0 unspecified atom stereocenters. The third-order valence-corrected chi connectivity index (χ3v) is 3.29. The zero-order valence-electron chi connectivity index (χ0n) is 11.8. The molecular formula is C14H18N2O4S. The van der Waals surface area contributed by atoms with Gasteiger partial charge < -0.3 is 10.1 Å². The van der Waals surface area contributed by atoms with Crippen LogP contribution >= 0.6 is 11.8 Å². The number of carbonyl (C=O) groups excluding carboxylic acids is 3. The van der Waals surface area contributed by atoms with Crippen molar-refractivity contribution in [3.05, 3.63) is 30.3 Å². The van der Waals surface area contributed by atoms with Gasteiger partial charge in [0.25, 0.3) is 5.91 Å². The van der Waals surface area contributed by atoms with Gasteiger partial charge in [0.2, 0.25) is 0 Å². The fourth-order valence-corrected chi connectivity index (χ4v) is 2.21. The van der Waals surface area contributed by atoms with E-state index in [2.05, 4.69) is 5.32 Å². The van der Waals surface area contributed by atoms with E-state index < -0.39 is 24.5 Å². The maximum Gasteiger partial charge on any atom is 0.321 e. The summed E-state index contributed by atoms with van der Waals surface area (Å²) in [6.07, 6.45) is 0.202. The number of rotatable bonds is 7. The lowest BCUT2D eigenvalue weighted by Crippen LogP contribution is -2.41. The lowest BCUT2D eigenvalue weighted by atomic mass is 10.4. The number of imide groups is 1. The van der Waals surface area contributed by atoms with Crippen molar-refractivity contribution in [3.63, 3.8) is 0 Å². The van der Waals surface area contributed by atoms with Gasteiger partial charge in [0, 0.05) is 17.2 Å².